The van der Waals surface area contributed by atoms with Crippen molar-refractivity contribution in [2.45, 2.75) is 31.7 Å². The molecule has 2 N–H and O–H groups in total. The molecule has 0 unspecified atom stereocenters. The maximum atomic E-state index is 12.8. The smallest absolute Gasteiger partial charge is 0.247 e. The molecular weight excluding hydrogens is 571 g/mol. The molecule has 1 fully saturated rings. The number of piperidine rings is 1. The summed E-state index contributed by atoms with van der Waals surface area (Å²) in [6, 6.07) is 11.8. The normalized spacial score (nSPS) is 17.4. The van der Waals surface area contributed by atoms with Gasteiger partial charge >= 0.3 is 0 Å². The molecule has 1 amide bonds. The molecule has 0 aromatic heterocycles. The van der Waals surface area contributed by atoms with E-state index in [0.717, 1.165) is 48.3 Å². The van der Waals surface area contributed by atoms with Crippen molar-refractivity contribution in [3.05, 3.63) is 59.8 Å². The highest BCUT2D eigenvalue weighted by atomic mass is 35.5. The fourth-order valence-electron chi connectivity index (χ4n) is 5.16. The van der Waals surface area contributed by atoms with Crippen LogP contribution >= 0.6 is 18.7 Å². The number of amidine groups is 1. The Balaban J connectivity index is 1.60. The van der Waals surface area contributed by atoms with Gasteiger partial charge in [0.15, 0.2) is 0 Å². The highest BCUT2D eigenvalue weighted by molar-refractivity contribution is 7.70. The number of aliphatic imine (C=N–C) groups is 2. The Hall–Kier alpha value is -3.39. The number of anilines is 3. The first-order valence-electron chi connectivity index (χ1n) is 14.0. The average molecular weight is 611 g/mol. The molecule has 0 saturated carbocycles. The minimum Gasteiger partial charge on any atom is -0.494 e. The van der Waals surface area contributed by atoms with Crippen molar-refractivity contribution in [2.24, 2.45) is 9.98 Å². The van der Waals surface area contributed by atoms with Crippen molar-refractivity contribution in [1.29, 1.82) is 0 Å². The Labute approximate surface area is 253 Å². The van der Waals surface area contributed by atoms with E-state index in [9.17, 15) is 9.36 Å². The van der Waals surface area contributed by atoms with Crippen LogP contribution in [0.25, 0.3) is 0 Å². The minimum absolute atomic E-state index is 0.300. The SMILES string of the molecule is C=CC(=O)Nc1cc(N=C2CCC(Nc3ccccc3P(C)(C)=O)=C(Cl)C=N2)c(OC)cc1N1CCC(N(C)C)CC1. The van der Waals surface area contributed by atoms with Crippen LogP contribution in [0.3, 0.4) is 0 Å². The lowest BCUT2D eigenvalue weighted by molar-refractivity contribution is -0.111. The van der Waals surface area contributed by atoms with Crippen molar-refractivity contribution >= 4 is 64.8 Å². The number of nitrogens with one attached hydrogen (secondary N) is 2. The number of carbonyl (C=O) groups excluding carboxylic acids is 1. The topological polar surface area (TPSA) is 98.6 Å². The lowest BCUT2D eigenvalue weighted by Crippen LogP contribution is -2.42. The van der Waals surface area contributed by atoms with Crippen molar-refractivity contribution in [3.8, 4) is 5.75 Å². The molecule has 1 saturated heterocycles. The molecule has 9 nitrogen and oxygen atoms in total. The molecule has 0 bridgehead atoms. The summed E-state index contributed by atoms with van der Waals surface area (Å²) in [5.41, 5.74) is 3.61. The molecule has 0 aliphatic carbocycles. The molecular formula is C31H40ClN6O3P. The molecule has 2 aromatic rings. The van der Waals surface area contributed by atoms with Crippen LogP contribution in [-0.2, 0) is 9.36 Å². The predicted molar refractivity (Wildman–Crippen MR) is 178 cm³/mol. The number of nitrogens with zero attached hydrogens (tertiary/aromatic N) is 4. The number of hydrogen-bond acceptors (Lipinski definition) is 7. The van der Waals surface area contributed by atoms with Crippen LogP contribution in [0.15, 0.2) is 69.8 Å². The van der Waals surface area contributed by atoms with Crippen molar-refractivity contribution in [3.63, 3.8) is 0 Å². The van der Waals surface area contributed by atoms with Gasteiger partial charge in [0.2, 0.25) is 5.91 Å². The number of ether oxygens (including phenoxy) is 1. The van der Waals surface area contributed by atoms with E-state index < -0.39 is 7.14 Å². The summed E-state index contributed by atoms with van der Waals surface area (Å²) >= 11 is 6.62. The third-order valence-corrected chi connectivity index (χ3v) is 9.38. The van der Waals surface area contributed by atoms with Crippen LogP contribution < -0.4 is 25.6 Å². The lowest BCUT2D eigenvalue weighted by atomic mass is 10.0. The van der Waals surface area contributed by atoms with Crippen LogP contribution in [0.1, 0.15) is 25.7 Å². The zero-order valence-electron chi connectivity index (χ0n) is 25.0. The van der Waals surface area contributed by atoms with Crippen LogP contribution in [-0.4, -0.2) is 76.5 Å². The summed E-state index contributed by atoms with van der Waals surface area (Å²) in [7, 11) is 3.33. The first-order chi connectivity index (χ1) is 20.0. The van der Waals surface area contributed by atoms with Crippen molar-refractivity contribution in [2.75, 3.05) is 63.2 Å². The number of benzene rings is 2. The first kappa shape index (κ1) is 31.5. The van der Waals surface area contributed by atoms with Crippen LogP contribution in [0.2, 0.25) is 0 Å². The molecule has 4 rings (SSSR count). The van der Waals surface area contributed by atoms with E-state index in [-0.39, 0.29) is 5.91 Å². The van der Waals surface area contributed by atoms with Gasteiger partial charge in [-0.25, -0.2) is 9.98 Å². The molecule has 0 radical (unpaired) electrons. The largest absolute Gasteiger partial charge is 0.494 e. The summed E-state index contributed by atoms with van der Waals surface area (Å²) in [6.45, 7) is 8.82. The van der Waals surface area contributed by atoms with Gasteiger partial charge in [-0.15, -0.1) is 0 Å². The third-order valence-electron chi connectivity index (χ3n) is 7.51. The summed E-state index contributed by atoms with van der Waals surface area (Å²) in [5.74, 6) is 0.844. The Morgan fingerprint density at radius 3 is 2.55 bits per heavy atom. The van der Waals surface area contributed by atoms with Gasteiger partial charge in [-0.1, -0.05) is 30.3 Å². The van der Waals surface area contributed by atoms with E-state index in [4.69, 9.17) is 21.3 Å². The van der Waals surface area contributed by atoms with Crippen LogP contribution in [0, 0.1) is 0 Å². The third kappa shape index (κ3) is 7.71. The lowest BCUT2D eigenvalue weighted by Gasteiger charge is -2.37. The molecule has 2 aromatic carbocycles. The van der Waals surface area contributed by atoms with E-state index in [2.05, 4.69) is 46.1 Å². The van der Waals surface area contributed by atoms with E-state index in [0.29, 0.717) is 46.9 Å². The fourth-order valence-corrected chi connectivity index (χ4v) is 6.51. The number of carbonyl (C=O) groups is 1. The Bertz CT molecular complexity index is 1470. The number of methoxy groups -OCH3 is 1. The predicted octanol–water partition coefficient (Wildman–Crippen LogP) is 6.06. The maximum absolute atomic E-state index is 12.8. The highest BCUT2D eigenvalue weighted by Crippen LogP contribution is 2.41. The van der Waals surface area contributed by atoms with E-state index in [1.54, 1.807) is 26.7 Å². The first-order valence-corrected chi connectivity index (χ1v) is 17.0. The number of para-hydroxylation sites is 1. The average Bonchev–Trinajstić information content (AvgIpc) is 3.13. The second-order valence-corrected chi connectivity index (χ2v) is 14.6. The summed E-state index contributed by atoms with van der Waals surface area (Å²) in [4.78, 5) is 26.3. The summed E-state index contributed by atoms with van der Waals surface area (Å²) < 4.78 is 18.6. The van der Waals surface area contributed by atoms with E-state index >= 15 is 0 Å². The van der Waals surface area contributed by atoms with Crippen LogP contribution in [0.4, 0.5) is 22.7 Å². The quantitative estimate of drug-likeness (QED) is 0.265. The Kier molecular flexibility index (Phi) is 10.3. The minimum atomic E-state index is -2.50. The van der Waals surface area contributed by atoms with E-state index in [1.807, 2.05) is 36.4 Å². The zero-order valence-corrected chi connectivity index (χ0v) is 26.6. The van der Waals surface area contributed by atoms with Gasteiger partial charge in [-0.3, -0.25) is 4.79 Å². The molecule has 11 heteroatoms. The number of rotatable bonds is 9. The fraction of sp³-hybridized carbons (Fsp3) is 0.387. The van der Waals surface area contributed by atoms with E-state index in [1.165, 1.54) is 6.08 Å². The summed E-state index contributed by atoms with van der Waals surface area (Å²) in [6.07, 6.45) is 5.92. The number of hydrogen-bond donors (Lipinski definition) is 2. The molecule has 2 heterocycles. The van der Waals surface area contributed by atoms with Gasteiger partial charge in [-0.05, 0) is 71.0 Å². The van der Waals surface area contributed by atoms with Gasteiger partial charge in [0, 0.05) is 54.5 Å². The summed E-state index contributed by atoms with van der Waals surface area (Å²) in [5, 5.41) is 7.56. The molecule has 0 spiro atoms. The molecule has 2 aliphatic heterocycles. The second-order valence-electron chi connectivity index (χ2n) is 11.0. The van der Waals surface area contributed by atoms with Crippen molar-refractivity contribution < 1.29 is 14.1 Å². The van der Waals surface area contributed by atoms with Gasteiger partial charge < -0.3 is 29.7 Å². The van der Waals surface area contributed by atoms with Crippen LogP contribution in [0.5, 0.6) is 5.75 Å². The monoisotopic (exact) mass is 610 g/mol. The number of halogens is 1. The van der Waals surface area contributed by atoms with Gasteiger partial charge in [0.1, 0.15) is 24.4 Å². The zero-order chi connectivity index (χ0) is 30.4. The molecule has 224 valence electrons. The van der Waals surface area contributed by atoms with Gasteiger partial charge in [-0.2, -0.15) is 0 Å². The second kappa shape index (κ2) is 13.7. The Morgan fingerprint density at radius 1 is 1.19 bits per heavy atom. The standard InChI is InChI=1S/C31H40ClN6O3P/c1-7-31(39)36-25-18-26(28(41-4)19-27(25)38-16-14-21(15-17-38)37(2)3)35-30-13-12-23(22(32)20-33-30)34-24-10-8-9-11-29(24)42(5,6)40/h7-11,18-21,34H,1,12-17H2,2-6H3,(H,36,39). The molecule has 0 atom stereocenters. The molecule has 42 heavy (non-hydrogen) atoms. The molecule has 2 aliphatic rings. The van der Waals surface area contributed by atoms with Gasteiger partial charge in [0.25, 0.3) is 0 Å². The van der Waals surface area contributed by atoms with Gasteiger partial charge in [0.05, 0.1) is 23.5 Å². The number of allylic oxidation sites excluding steroid dienone is 2. The Morgan fingerprint density at radius 2 is 1.90 bits per heavy atom. The highest BCUT2D eigenvalue weighted by Gasteiger charge is 2.25. The van der Waals surface area contributed by atoms with Crippen molar-refractivity contribution in [1.82, 2.24) is 4.90 Å². The number of amides is 1. The maximum Gasteiger partial charge on any atom is 0.247 e.